The van der Waals surface area contributed by atoms with Crippen molar-refractivity contribution in [3.8, 4) is 0 Å². The van der Waals surface area contributed by atoms with E-state index in [2.05, 4.69) is 37.8 Å². The Labute approximate surface area is 125 Å². The molecule has 0 bridgehead atoms. The summed E-state index contributed by atoms with van der Waals surface area (Å²) in [5, 5.41) is 0.750. The zero-order valence-corrected chi connectivity index (χ0v) is 15.3. The second-order valence-corrected chi connectivity index (χ2v) is 16.2. The zero-order valence-electron chi connectivity index (χ0n) is 13.5. The van der Waals surface area contributed by atoms with Crippen LogP contribution in [-0.2, 0) is 0 Å². The predicted molar refractivity (Wildman–Crippen MR) is 94.3 cm³/mol. The number of aliphatic imine (C=N–C) groups is 1. The first-order valence-electron chi connectivity index (χ1n) is 8.24. The van der Waals surface area contributed by atoms with E-state index < -0.39 is 7.22 Å². The van der Waals surface area contributed by atoms with Crippen molar-refractivity contribution in [2.75, 3.05) is 6.54 Å². The van der Waals surface area contributed by atoms with E-state index in [0.717, 1.165) is 11.8 Å². The monoisotopic (exact) mass is 299 g/mol. The molecule has 1 aliphatic rings. The first-order valence-corrected chi connectivity index (χ1v) is 13.3. The molecule has 0 aliphatic heterocycles. The van der Waals surface area contributed by atoms with Crippen molar-refractivity contribution >= 4 is 24.1 Å². The van der Waals surface area contributed by atoms with Crippen molar-refractivity contribution in [2.24, 2.45) is 4.99 Å². The molecule has 112 valence electrons. The number of rotatable bonds is 7. The van der Waals surface area contributed by atoms with Gasteiger partial charge in [-0.15, -0.1) is 0 Å². The lowest BCUT2D eigenvalue weighted by Crippen LogP contribution is -2.26. The molecule has 0 aromatic rings. The van der Waals surface area contributed by atoms with E-state index in [1.54, 1.807) is 5.71 Å². The molecule has 1 saturated carbocycles. The van der Waals surface area contributed by atoms with Crippen LogP contribution in [0.1, 0.15) is 64.7 Å². The fraction of sp³-hybridized carbons (Fsp3) is 0.938. The lowest BCUT2D eigenvalue weighted by atomic mass is 10.1. The van der Waals surface area contributed by atoms with Crippen LogP contribution in [0.25, 0.3) is 0 Å². The van der Waals surface area contributed by atoms with Gasteiger partial charge in [-0.2, -0.15) is 11.2 Å². The van der Waals surface area contributed by atoms with Gasteiger partial charge in [-0.25, -0.2) is 0 Å². The maximum Gasteiger partial charge on any atom is 0.109 e. The number of hydrogen-bond donors (Lipinski definition) is 0. The third kappa shape index (κ3) is 8.18. The van der Waals surface area contributed by atoms with Gasteiger partial charge in [0.15, 0.2) is 0 Å². The fourth-order valence-electron chi connectivity index (χ4n) is 2.64. The minimum absolute atomic E-state index is 0.750. The molecule has 0 saturated heterocycles. The van der Waals surface area contributed by atoms with Gasteiger partial charge in [0, 0.05) is 17.5 Å². The van der Waals surface area contributed by atoms with Crippen LogP contribution >= 0.6 is 11.2 Å². The minimum atomic E-state index is -1.03. The molecule has 1 atom stereocenters. The van der Waals surface area contributed by atoms with Crippen molar-refractivity contribution in [2.45, 2.75) is 89.6 Å². The van der Waals surface area contributed by atoms with E-state index in [1.807, 2.05) is 0 Å². The van der Waals surface area contributed by atoms with Gasteiger partial charge in [0.05, 0.1) is 0 Å². The maximum absolute atomic E-state index is 5.00. The quantitative estimate of drug-likeness (QED) is 0.323. The maximum atomic E-state index is 5.00. The van der Waals surface area contributed by atoms with Crippen LogP contribution in [0.15, 0.2) is 4.99 Å². The van der Waals surface area contributed by atoms with Crippen molar-refractivity contribution in [3.63, 3.8) is 0 Å². The van der Waals surface area contributed by atoms with Gasteiger partial charge in [-0.3, -0.25) is 4.99 Å². The third-order valence-electron chi connectivity index (χ3n) is 3.59. The molecular formula is C16H33NSSi. The van der Waals surface area contributed by atoms with Crippen LogP contribution in [0, 0.1) is 0 Å². The van der Waals surface area contributed by atoms with E-state index in [9.17, 15) is 0 Å². The lowest BCUT2D eigenvalue weighted by molar-refractivity contribution is 0.673. The molecule has 0 amide bonds. The summed E-state index contributed by atoms with van der Waals surface area (Å²) < 4.78 is 0. The topological polar surface area (TPSA) is 12.4 Å². The molecule has 19 heavy (non-hydrogen) atoms. The molecule has 0 aromatic carbocycles. The smallest absolute Gasteiger partial charge is 0.109 e. The number of nitrogens with zero attached hydrogens (tertiary/aromatic N) is 1. The van der Waals surface area contributed by atoms with Gasteiger partial charge in [0.25, 0.3) is 0 Å². The standard InChI is InChI=1S/C16H33NSSi/c1-5-6-7-11-14-17-15-12-9-8-10-13-16(15)18-19(2,3)4/h16H,5-14H2,1-4H3/b17-15+. The first-order chi connectivity index (χ1) is 9.03. The van der Waals surface area contributed by atoms with Crippen molar-refractivity contribution in [3.05, 3.63) is 0 Å². The summed E-state index contributed by atoms with van der Waals surface area (Å²) >= 11 is 2.28. The van der Waals surface area contributed by atoms with Crippen LogP contribution in [0.3, 0.4) is 0 Å². The largest absolute Gasteiger partial charge is 0.293 e. The Balaban J connectivity index is 2.50. The fourth-order valence-corrected chi connectivity index (χ4v) is 7.42. The van der Waals surface area contributed by atoms with Gasteiger partial charge in [-0.1, -0.05) is 58.7 Å². The highest BCUT2D eigenvalue weighted by atomic mass is 32.4. The summed E-state index contributed by atoms with van der Waals surface area (Å²) in [5.74, 6) is 0. The summed E-state index contributed by atoms with van der Waals surface area (Å²) in [7, 11) is -1.03. The first kappa shape index (κ1) is 17.3. The number of unbranched alkanes of at least 4 members (excludes halogenated alkanes) is 3. The molecule has 0 heterocycles. The predicted octanol–water partition coefficient (Wildman–Crippen LogP) is 5.91. The van der Waals surface area contributed by atoms with E-state index in [0.29, 0.717) is 0 Å². The van der Waals surface area contributed by atoms with Gasteiger partial charge >= 0.3 is 0 Å². The molecule has 3 heteroatoms. The van der Waals surface area contributed by atoms with Crippen LogP contribution < -0.4 is 0 Å². The third-order valence-corrected chi connectivity index (χ3v) is 8.07. The molecule has 0 aromatic heterocycles. The number of hydrogen-bond acceptors (Lipinski definition) is 2. The highest BCUT2D eigenvalue weighted by Crippen LogP contribution is 2.32. The van der Waals surface area contributed by atoms with Crippen LogP contribution in [0.5, 0.6) is 0 Å². The van der Waals surface area contributed by atoms with Crippen LogP contribution in [0.2, 0.25) is 19.6 Å². The lowest BCUT2D eigenvalue weighted by Gasteiger charge is -2.24. The molecule has 0 spiro atoms. The zero-order chi connectivity index (χ0) is 14.1. The highest BCUT2D eigenvalue weighted by molar-refractivity contribution is 8.29. The summed E-state index contributed by atoms with van der Waals surface area (Å²) in [6.45, 7) is 10.8. The normalized spacial score (nSPS) is 23.6. The van der Waals surface area contributed by atoms with Crippen molar-refractivity contribution in [1.82, 2.24) is 0 Å². The Hall–Kier alpha value is 0.237. The summed E-state index contributed by atoms with van der Waals surface area (Å²) in [6.07, 6.45) is 12.2. The van der Waals surface area contributed by atoms with Crippen LogP contribution in [-0.4, -0.2) is 24.7 Å². The summed E-state index contributed by atoms with van der Waals surface area (Å²) in [6, 6.07) is 0. The summed E-state index contributed by atoms with van der Waals surface area (Å²) in [5.41, 5.74) is 1.56. The summed E-state index contributed by atoms with van der Waals surface area (Å²) in [4.78, 5) is 5.00. The Morgan fingerprint density at radius 2 is 1.89 bits per heavy atom. The van der Waals surface area contributed by atoms with E-state index in [1.165, 1.54) is 57.8 Å². The van der Waals surface area contributed by atoms with Gasteiger partial charge in [0.2, 0.25) is 0 Å². The van der Waals surface area contributed by atoms with E-state index >= 15 is 0 Å². The minimum Gasteiger partial charge on any atom is -0.293 e. The second kappa shape index (κ2) is 9.22. The molecule has 1 rings (SSSR count). The van der Waals surface area contributed by atoms with Gasteiger partial charge < -0.3 is 0 Å². The SMILES string of the molecule is CCCCCC/N=C1\CCCCCC1S[Si](C)(C)C. The average Bonchev–Trinajstić information content (AvgIpc) is 2.53. The van der Waals surface area contributed by atoms with E-state index in [4.69, 9.17) is 4.99 Å². The average molecular weight is 300 g/mol. The van der Waals surface area contributed by atoms with Gasteiger partial charge in [-0.05, 0) is 25.7 Å². The van der Waals surface area contributed by atoms with Gasteiger partial charge in [0.1, 0.15) is 7.22 Å². The second-order valence-electron chi connectivity index (χ2n) is 6.75. The Morgan fingerprint density at radius 3 is 2.58 bits per heavy atom. The molecule has 0 radical (unpaired) electrons. The molecule has 0 N–H and O–H groups in total. The Bertz CT molecular complexity index is 270. The van der Waals surface area contributed by atoms with E-state index in [-0.39, 0.29) is 0 Å². The highest BCUT2D eigenvalue weighted by Gasteiger charge is 2.25. The Morgan fingerprint density at radius 1 is 1.11 bits per heavy atom. The molecule has 1 nitrogen and oxygen atoms in total. The van der Waals surface area contributed by atoms with Crippen molar-refractivity contribution in [1.29, 1.82) is 0 Å². The molecule has 1 unspecified atom stereocenters. The van der Waals surface area contributed by atoms with Crippen molar-refractivity contribution < 1.29 is 0 Å². The van der Waals surface area contributed by atoms with Crippen LogP contribution in [0.4, 0.5) is 0 Å². The molecule has 1 aliphatic carbocycles. The Kier molecular flexibility index (Phi) is 8.39. The molecular weight excluding hydrogens is 266 g/mol. The molecule has 1 fully saturated rings.